The Hall–Kier alpha value is -2.31. The molecule has 4 rings (SSSR count). The fraction of sp³-hybridized carbons (Fsp3) is 0.440. The number of halogens is 1. The van der Waals surface area contributed by atoms with Crippen LogP contribution in [0.5, 0.6) is 0 Å². The Morgan fingerprint density at radius 1 is 1.09 bits per heavy atom. The minimum atomic E-state index is -0.656. The number of carbonyl (C=O) groups excluding carboxylic acids is 2. The van der Waals surface area contributed by atoms with Crippen LogP contribution in [0.15, 0.2) is 30.3 Å². The molecule has 1 aromatic carbocycles. The number of rotatable bonds is 3. The summed E-state index contributed by atoms with van der Waals surface area (Å²) in [7, 11) is 1.37. The SMILES string of the molecule is COC(=O)c1cc2c(s1)c(C1CCCCC1)c(-c1ccc(Cl)cc1)n2C(=O)OC(C)(C)C. The number of hydrogen-bond acceptors (Lipinski definition) is 5. The number of esters is 1. The first-order valence-corrected chi connectivity index (χ1v) is 12.1. The van der Waals surface area contributed by atoms with Crippen LogP contribution < -0.4 is 0 Å². The molecule has 5 nitrogen and oxygen atoms in total. The Morgan fingerprint density at radius 2 is 1.75 bits per heavy atom. The molecule has 0 atom stereocenters. The summed E-state index contributed by atoms with van der Waals surface area (Å²) >= 11 is 7.55. The molecule has 1 aliphatic carbocycles. The summed E-state index contributed by atoms with van der Waals surface area (Å²) < 4.78 is 13.3. The molecule has 0 aliphatic heterocycles. The number of nitrogens with zero attached hydrogens (tertiary/aromatic N) is 1. The van der Waals surface area contributed by atoms with Gasteiger partial charge >= 0.3 is 12.1 Å². The molecule has 1 saturated carbocycles. The summed E-state index contributed by atoms with van der Waals surface area (Å²) in [5.41, 5.74) is 2.89. The van der Waals surface area contributed by atoms with Crippen LogP contribution in [0.1, 0.15) is 74.0 Å². The van der Waals surface area contributed by atoms with Crippen molar-refractivity contribution in [3.05, 3.63) is 45.8 Å². The highest BCUT2D eigenvalue weighted by Gasteiger charge is 2.32. The highest BCUT2D eigenvalue weighted by molar-refractivity contribution is 7.21. The number of methoxy groups -OCH3 is 1. The minimum absolute atomic E-state index is 0.310. The van der Waals surface area contributed by atoms with Crippen molar-refractivity contribution in [3.8, 4) is 11.3 Å². The molecular formula is C25H28ClNO4S. The fourth-order valence-electron chi connectivity index (χ4n) is 4.45. The Kier molecular flexibility index (Phi) is 6.37. The number of carbonyl (C=O) groups is 2. The van der Waals surface area contributed by atoms with Gasteiger partial charge in [0, 0.05) is 5.02 Å². The smallest absolute Gasteiger partial charge is 0.419 e. The van der Waals surface area contributed by atoms with Crippen LogP contribution in [0.4, 0.5) is 4.79 Å². The van der Waals surface area contributed by atoms with Crippen LogP contribution in [-0.4, -0.2) is 29.3 Å². The van der Waals surface area contributed by atoms with E-state index in [1.807, 2.05) is 45.0 Å². The summed E-state index contributed by atoms with van der Waals surface area (Å²) in [5.74, 6) is -0.0886. The lowest BCUT2D eigenvalue weighted by atomic mass is 9.83. The van der Waals surface area contributed by atoms with E-state index in [9.17, 15) is 9.59 Å². The van der Waals surface area contributed by atoms with E-state index in [4.69, 9.17) is 21.1 Å². The first-order chi connectivity index (χ1) is 15.2. The highest BCUT2D eigenvalue weighted by Crippen LogP contribution is 2.47. The topological polar surface area (TPSA) is 57.5 Å². The van der Waals surface area contributed by atoms with Crippen molar-refractivity contribution >= 4 is 45.2 Å². The molecule has 170 valence electrons. The third-order valence-corrected chi connectivity index (χ3v) is 7.16. The molecular weight excluding hydrogens is 446 g/mol. The number of hydrogen-bond donors (Lipinski definition) is 0. The van der Waals surface area contributed by atoms with Crippen molar-refractivity contribution in [3.63, 3.8) is 0 Å². The number of thiophene rings is 1. The van der Waals surface area contributed by atoms with Gasteiger partial charge in [-0.25, -0.2) is 14.2 Å². The van der Waals surface area contributed by atoms with Crippen LogP contribution >= 0.6 is 22.9 Å². The van der Waals surface area contributed by atoms with Crippen LogP contribution in [0, 0.1) is 0 Å². The fourth-order valence-corrected chi connectivity index (χ4v) is 5.76. The standard InChI is InChI=1S/C25H28ClNO4S/c1-25(2,3)31-24(29)27-18-14-19(23(28)30-4)32-22(18)20(15-8-6-5-7-9-15)21(27)16-10-12-17(26)13-11-16/h10-15H,5-9H2,1-4H3. The van der Waals surface area contributed by atoms with Crippen LogP contribution in [0.3, 0.4) is 0 Å². The maximum Gasteiger partial charge on any atom is 0.419 e. The molecule has 0 unspecified atom stereocenters. The van der Waals surface area contributed by atoms with E-state index in [2.05, 4.69) is 0 Å². The second-order valence-corrected chi connectivity index (χ2v) is 10.7. The summed E-state index contributed by atoms with van der Waals surface area (Å²) in [6.45, 7) is 5.55. The first-order valence-electron chi connectivity index (χ1n) is 11.0. The normalized spacial score (nSPS) is 15.2. The highest BCUT2D eigenvalue weighted by atomic mass is 35.5. The van der Waals surface area contributed by atoms with Gasteiger partial charge in [0.2, 0.25) is 0 Å². The minimum Gasteiger partial charge on any atom is -0.465 e. The van der Waals surface area contributed by atoms with Crippen LogP contribution in [0.25, 0.3) is 21.5 Å². The molecule has 0 saturated heterocycles. The molecule has 2 aromatic heterocycles. The number of aromatic nitrogens is 1. The molecule has 3 aromatic rings. The van der Waals surface area contributed by atoms with Gasteiger partial charge in [-0.2, -0.15) is 0 Å². The molecule has 0 N–H and O–H groups in total. The molecule has 0 spiro atoms. The van der Waals surface area contributed by atoms with Crippen molar-refractivity contribution in [2.24, 2.45) is 0 Å². The van der Waals surface area contributed by atoms with E-state index in [1.165, 1.54) is 24.9 Å². The second-order valence-electron chi connectivity index (χ2n) is 9.24. The Morgan fingerprint density at radius 3 is 2.34 bits per heavy atom. The quantitative estimate of drug-likeness (QED) is 0.366. The Bertz CT molecular complexity index is 1150. The molecule has 0 radical (unpaired) electrons. The van der Waals surface area contributed by atoms with Crippen molar-refractivity contribution in [2.75, 3.05) is 7.11 Å². The average Bonchev–Trinajstić information content (AvgIpc) is 3.30. The second kappa shape index (κ2) is 8.91. The predicted molar refractivity (Wildman–Crippen MR) is 129 cm³/mol. The largest absolute Gasteiger partial charge is 0.465 e. The van der Waals surface area contributed by atoms with Gasteiger partial charge < -0.3 is 9.47 Å². The first kappa shape index (κ1) is 22.9. The molecule has 7 heteroatoms. The van der Waals surface area contributed by atoms with Crippen molar-refractivity contribution in [1.29, 1.82) is 0 Å². The molecule has 32 heavy (non-hydrogen) atoms. The van der Waals surface area contributed by atoms with Gasteiger partial charge in [0.1, 0.15) is 10.5 Å². The zero-order valence-corrected chi connectivity index (χ0v) is 20.4. The van der Waals surface area contributed by atoms with E-state index in [1.54, 1.807) is 10.6 Å². The van der Waals surface area contributed by atoms with Crippen LogP contribution in [-0.2, 0) is 9.47 Å². The molecule has 0 amide bonds. The Balaban J connectivity index is 2.02. The van der Waals surface area contributed by atoms with Gasteiger partial charge in [-0.15, -0.1) is 11.3 Å². The Labute approximate surface area is 197 Å². The summed E-state index contributed by atoms with van der Waals surface area (Å²) in [4.78, 5) is 26.3. The maximum atomic E-state index is 13.5. The lowest BCUT2D eigenvalue weighted by Crippen LogP contribution is -2.27. The van der Waals surface area contributed by atoms with E-state index in [0.29, 0.717) is 21.3 Å². The lowest BCUT2D eigenvalue weighted by Gasteiger charge is -2.24. The van der Waals surface area contributed by atoms with Crippen molar-refractivity contribution < 1.29 is 19.1 Å². The molecule has 1 aliphatic rings. The van der Waals surface area contributed by atoms with E-state index in [0.717, 1.165) is 47.2 Å². The van der Waals surface area contributed by atoms with Gasteiger partial charge in [0.05, 0.1) is 23.0 Å². The average molecular weight is 474 g/mol. The molecule has 1 fully saturated rings. The molecule has 0 bridgehead atoms. The van der Waals surface area contributed by atoms with E-state index < -0.39 is 17.7 Å². The monoisotopic (exact) mass is 473 g/mol. The van der Waals surface area contributed by atoms with Gasteiger partial charge in [0.25, 0.3) is 0 Å². The van der Waals surface area contributed by atoms with Gasteiger partial charge in [-0.3, -0.25) is 0 Å². The number of ether oxygens (including phenoxy) is 2. The number of fused-ring (bicyclic) bond motifs is 1. The zero-order chi connectivity index (χ0) is 23.0. The third kappa shape index (κ3) is 4.44. The van der Waals surface area contributed by atoms with E-state index >= 15 is 0 Å². The van der Waals surface area contributed by atoms with Gasteiger partial charge in [-0.1, -0.05) is 43.0 Å². The third-order valence-electron chi connectivity index (χ3n) is 5.77. The van der Waals surface area contributed by atoms with Crippen molar-refractivity contribution in [1.82, 2.24) is 4.57 Å². The molecule has 2 heterocycles. The van der Waals surface area contributed by atoms with Crippen molar-refractivity contribution in [2.45, 2.75) is 64.4 Å². The van der Waals surface area contributed by atoms with Gasteiger partial charge in [0.15, 0.2) is 0 Å². The number of benzene rings is 1. The maximum absolute atomic E-state index is 13.5. The van der Waals surface area contributed by atoms with Gasteiger partial charge in [-0.05, 0) is 68.9 Å². The van der Waals surface area contributed by atoms with E-state index in [-0.39, 0.29) is 0 Å². The van der Waals surface area contributed by atoms with Crippen LogP contribution in [0.2, 0.25) is 5.02 Å². The summed E-state index contributed by atoms with van der Waals surface area (Å²) in [6.07, 6.45) is 5.18. The predicted octanol–water partition coefficient (Wildman–Crippen LogP) is 7.64. The zero-order valence-electron chi connectivity index (χ0n) is 18.9. The summed E-state index contributed by atoms with van der Waals surface area (Å²) in [5, 5.41) is 0.637. The summed E-state index contributed by atoms with van der Waals surface area (Å²) in [6, 6.07) is 9.30. The lowest BCUT2D eigenvalue weighted by molar-refractivity contribution is 0.0544.